The molecule has 4 heteroatoms. The first-order valence-corrected chi connectivity index (χ1v) is 5.19. The Kier molecular flexibility index (Phi) is 4.90. The number of methoxy groups -OCH3 is 1. The first kappa shape index (κ1) is 11.5. The van der Waals surface area contributed by atoms with Crippen LogP contribution in [0.5, 0.6) is 0 Å². The molecule has 1 rings (SSSR count). The van der Waals surface area contributed by atoms with Gasteiger partial charge in [0.05, 0.1) is 6.61 Å². The lowest BCUT2D eigenvalue weighted by atomic mass is 10.2. The first-order valence-electron chi connectivity index (χ1n) is 5.19. The van der Waals surface area contributed by atoms with Gasteiger partial charge in [-0.3, -0.25) is 4.79 Å². The Hall–Kier alpha value is -0.610. The van der Waals surface area contributed by atoms with E-state index in [2.05, 4.69) is 4.90 Å². The average molecular weight is 200 g/mol. The molecular formula is C10H20N2O2. The highest BCUT2D eigenvalue weighted by Gasteiger charge is 2.19. The van der Waals surface area contributed by atoms with Crippen molar-refractivity contribution in [1.29, 1.82) is 0 Å². The summed E-state index contributed by atoms with van der Waals surface area (Å²) in [6.07, 6.45) is 1.81. The zero-order valence-corrected chi connectivity index (χ0v) is 9.16. The van der Waals surface area contributed by atoms with Crippen LogP contribution in [-0.2, 0) is 9.53 Å². The van der Waals surface area contributed by atoms with E-state index in [4.69, 9.17) is 4.74 Å². The molecule has 4 nitrogen and oxygen atoms in total. The van der Waals surface area contributed by atoms with Crippen LogP contribution < -0.4 is 0 Å². The van der Waals surface area contributed by atoms with Crippen molar-refractivity contribution in [3.05, 3.63) is 0 Å². The second-order valence-electron chi connectivity index (χ2n) is 3.78. The van der Waals surface area contributed by atoms with Gasteiger partial charge in [-0.05, 0) is 13.5 Å². The zero-order chi connectivity index (χ0) is 10.4. The van der Waals surface area contributed by atoms with Gasteiger partial charge in [0.15, 0.2) is 0 Å². The summed E-state index contributed by atoms with van der Waals surface area (Å²) in [6.45, 7) is 4.37. The van der Waals surface area contributed by atoms with Crippen molar-refractivity contribution < 1.29 is 9.53 Å². The van der Waals surface area contributed by atoms with E-state index in [0.717, 1.165) is 32.8 Å². The summed E-state index contributed by atoms with van der Waals surface area (Å²) in [5, 5.41) is 0. The number of likely N-dealkylation sites (N-methyl/N-ethyl adjacent to an activating group) is 1. The summed E-state index contributed by atoms with van der Waals surface area (Å²) < 4.78 is 4.96. The van der Waals surface area contributed by atoms with Crippen molar-refractivity contribution in [2.24, 2.45) is 0 Å². The molecule has 1 amide bonds. The van der Waals surface area contributed by atoms with Gasteiger partial charge >= 0.3 is 0 Å². The molecule has 0 saturated carbocycles. The lowest BCUT2D eigenvalue weighted by molar-refractivity contribution is -0.134. The molecule has 1 aliphatic heterocycles. The molecule has 0 bridgehead atoms. The van der Waals surface area contributed by atoms with E-state index in [1.54, 1.807) is 7.11 Å². The van der Waals surface area contributed by atoms with Crippen molar-refractivity contribution in [2.75, 3.05) is 46.9 Å². The lowest BCUT2D eigenvalue weighted by Crippen LogP contribution is -2.43. The Morgan fingerprint density at radius 3 is 2.64 bits per heavy atom. The molecule has 0 aromatic rings. The Morgan fingerprint density at radius 2 is 2.14 bits per heavy atom. The van der Waals surface area contributed by atoms with Crippen LogP contribution in [0.2, 0.25) is 0 Å². The molecule has 82 valence electrons. The monoisotopic (exact) mass is 200 g/mol. The minimum absolute atomic E-state index is 0.292. The average Bonchev–Trinajstić information content (AvgIpc) is 2.08. The van der Waals surface area contributed by atoms with E-state index >= 15 is 0 Å². The first-order chi connectivity index (χ1) is 6.74. The molecule has 0 atom stereocenters. The van der Waals surface area contributed by atoms with Crippen LogP contribution in [-0.4, -0.2) is 62.7 Å². The Labute approximate surface area is 85.8 Å². The second kappa shape index (κ2) is 5.98. The number of hydrogen-bond acceptors (Lipinski definition) is 3. The molecule has 0 unspecified atom stereocenters. The molecule has 0 aliphatic carbocycles. The number of hydrogen-bond donors (Lipinski definition) is 0. The van der Waals surface area contributed by atoms with Gasteiger partial charge in [0, 0.05) is 39.7 Å². The van der Waals surface area contributed by atoms with E-state index in [9.17, 15) is 4.79 Å². The highest BCUT2D eigenvalue weighted by Crippen LogP contribution is 2.07. The molecule has 14 heavy (non-hydrogen) atoms. The fourth-order valence-electron chi connectivity index (χ4n) is 1.37. The van der Waals surface area contributed by atoms with Gasteiger partial charge in [0.2, 0.25) is 5.91 Å². The van der Waals surface area contributed by atoms with E-state index in [1.807, 2.05) is 11.9 Å². The van der Waals surface area contributed by atoms with Crippen LogP contribution in [0.25, 0.3) is 0 Å². The molecule has 1 aliphatic rings. The zero-order valence-electron chi connectivity index (χ0n) is 9.16. The summed E-state index contributed by atoms with van der Waals surface area (Å²) in [5.74, 6) is 0.292. The van der Waals surface area contributed by atoms with Crippen LogP contribution in [0.3, 0.4) is 0 Å². The fraction of sp³-hybridized carbons (Fsp3) is 0.900. The van der Waals surface area contributed by atoms with Crippen molar-refractivity contribution in [3.8, 4) is 0 Å². The van der Waals surface area contributed by atoms with Crippen molar-refractivity contribution in [2.45, 2.75) is 12.8 Å². The third-order valence-electron chi connectivity index (χ3n) is 2.59. The largest absolute Gasteiger partial charge is 0.383 e. The number of carbonyl (C=O) groups excluding carboxylic acids is 1. The number of likely N-dealkylation sites (tertiary alicyclic amines) is 1. The summed E-state index contributed by atoms with van der Waals surface area (Å²) in [5.41, 5.74) is 0. The molecule has 0 N–H and O–H groups in total. The summed E-state index contributed by atoms with van der Waals surface area (Å²) >= 11 is 0. The normalized spacial score (nSPS) is 15.8. The van der Waals surface area contributed by atoms with Gasteiger partial charge < -0.3 is 14.5 Å². The molecule has 0 radical (unpaired) electrons. The van der Waals surface area contributed by atoms with Crippen molar-refractivity contribution in [1.82, 2.24) is 9.80 Å². The minimum atomic E-state index is 0.292. The van der Waals surface area contributed by atoms with E-state index < -0.39 is 0 Å². The maximum absolute atomic E-state index is 11.5. The fourth-order valence-corrected chi connectivity index (χ4v) is 1.37. The van der Waals surface area contributed by atoms with Gasteiger partial charge in [-0.2, -0.15) is 0 Å². The number of carbonyl (C=O) groups is 1. The van der Waals surface area contributed by atoms with Crippen LogP contribution in [0.1, 0.15) is 12.8 Å². The van der Waals surface area contributed by atoms with Gasteiger partial charge in [-0.25, -0.2) is 0 Å². The molecule has 0 aromatic heterocycles. The van der Waals surface area contributed by atoms with E-state index in [0.29, 0.717) is 12.3 Å². The number of ether oxygens (including phenoxy) is 1. The number of rotatable bonds is 6. The standard InChI is InChI=1S/C10H20N2O2/c1-11(8-9-14-2)7-4-10(13)12-5-3-6-12/h3-9H2,1-2H3. The Morgan fingerprint density at radius 1 is 1.43 bits per heavy atom. The third kappa shape index (κ3) is 3.64. The maximum Gasteiger partial charge on any atom is 0.223 e. The third-order valence-corrected chi connectivity index (χ3v) is 2.59. The topological polar surface area (TPSA) is 32.8 Å². The number of nitrogens with zero attached hydrogens (tertiary/aromatic N) is 2. The summed E-state index contributed by atoms with van der Waals surface area (Å²) in [6, 6.07) is 0. The smallest absolute Gasteiger partial charge is 0.223 e. The molecule has 0 spiro atoms. The predicted molar refractivity (Wildman–Crippen MR) is 55.2 cm³/mol. The highest BCUT2D eigenvalue weighted by molar-refractivity contribution is 5.77. The molecule has 0 aromatic carbocycles. The Balaban J connectivity index is 2.03. The van der Waals surface area contributed by atoms with Gasteiger partial charge in [0.25, 0.3) is 0 Å². The summed E-state index contributed by atoms with van der Waals surface area (Å²) in [4.78, 5) is 15.5. The van der Waals surface area contributed by atoms with Crippen molar-refractivity contribution in [3.63, 3.8) is 0 Å². The van der Waals surface area contributed by atoms with Gasteiger partial charge in [-0.1, -0.05) is 0 Å². The Bertz CT molecular complexity index is 181. The van der Waals surface area contributed by atoms with Crippen LogP contribution in [0, 0.1) is 0 Å². The quantitative estimate of drug-likeness (QED) is 0.613. The van der Waals surface area contributed by atoms with Crippen molar-refractivity contribution >= 4 is 5.91 Å². The lowest BCUT2D eigenvalue weighted by Gasteiger charge is -2.31. The molecule has 1 saturated heterocycles. The minimum Gasteiger partial charge on any atom is -0.383 e. The van der Waals surface area contributed by atoms with Crippen LogP contribution in [0.15, 0.2) is 0 Å². The number of amides is 1. The predicted octanol–water partition coefficient (Wildman–Crippen LogP) is 0.187. The van der Waals surface area contributed by atoms with E-state index in [1.165, 1.54) is 6.42 Å². The molecule has 1 fully saturated rings. The second-order valence-corrected chi connectivity index (χ2v) is 3.78. The van der Waals surface area contributed by atoms with Crippen LogP contribution in [0.4, 0.5) is 0 Å². The summed E-state index contributed by atoms with van der Waals surface area (Å²) in [7, 11) is 3.71. The maximum atomic E-state index is 11.5. The SMILES string of the molecule is COCCN(C)CCC(=O)N1CCC1. The van der Waals surface area contributed by atoms with E-state index in [-0.39, 0.29) is 0 Å². The molecule has 1 heterocycles. The van der Waals surface area contributed by atoms with Gasteiger partial charge in [-0.15, -0.1) is 0 Å². The highest BCUT2D eigenvalue weighted by atomic mass is 16.5. The van der Waals surface area contributed by atoms with Gasteiger partial charge in [0.1, 0.15) is 0 Å². The molecular weight excluding hydrogens is 180 g/mol. The van der Waals surface area contributed by atoms with Crippen LogP contribution >= 0.6 is 0 Å².